The zero-order chi connectivity index (χ0) is 20.8. The molecule has 9 heteroatoms. The second-order valence-corrected chi connectivity index (χ2v) is 9.70. The van der Waals surface area contributed by atoms with Gasteiger partial charge in [0.15, 0.2) is 0 Å². The number of benzene rings is 1. The lowest BCUT2D eigenvalue weighted by molar-refractivity contribution is -0.143. The van der Waals surface area contributed by atoms with E-state index in [1.54, 1.807) is 4.90 Å². The molecule has 0 aromatic heterocycles. The first-order chi connectivity index (χ1) is 13.8. The van der Waals surface area contributed by atoms with E-state index in [9.17, 15) is 22.8 Å². The minimum atomic E-state index is -3.86. The summed E-state index contributed by atoms with van der Waals surface area (Å²) in [4.78, 5) is 41.6. The number of amides is 3. The van der Waals surface area contributed by atoms with Crippen molar-refractivity contribution in [2.45, 2.75) is 68.3 Å². The van der Waals surface area contributed by atoms with E-state index < -0.39 is 22.0 Å². The SMILES string of the molecule is NS(=O)(=O)c1ccc(N2C(=O)CC(N(C(=O)C3CCCCC3)C3CC3)C2=O)cc1. The quantitative estimate of drug-likeness (QED) is 0.726. The van der Waals surface area contributed by atoms with E-state index in [1.807, 2.05) is 0 Å². The first-order valence-electron chi connectivity index (χ1n) is 10.1. The molecule has 0 bridgehead atoms. The van der Waals surface area contributed by atoms with Crippen molar-refractivity contribution < 1.29 is 22.8 Å². The van der Waals surface area contributed by atoms with Gasteiger partial charge in [-0.2, -0.15) is 0 Å². The molecule has 3 fully saturated rings. The van der Waals surface area contributed by atoms with Crippen molar-refractivity contribution in [3.63, 3.8) is 0 Å². The number of nitrogens with two attached hydrogens (primary N) is 1. The van der Waals surface area contributed by atoms with Crippen LogP contribution in [0.3, 0.4) is 0 Å². The molecule has 2 N–H and O–H groups in total. The fraction of sp³-hybridized carbons (Fsp3) is 0.550. The van der Waals surface area contributed by atoms with Gasteiger partial charge in [-0.1, -0.05) is 19.3 Å². The van der Waals surface area contributed by atoms with Crippen LogP contribution in [0, 0.1) is 5.92 Å². The maximum absolute atomic E-state index is 13.2. The molecule has 1 aromatic carbocycles. The van der Waals surface area contributed by atoms with Crippen LogP contribution in [-0.4, -0.2) is 43.1 Å². The van der Waals surface area contributed by atoms with Crippen LogP contribution in [-0.2, 0) is 24.4 Å². The number of hydrogen-bond donors (Lipinski definition) is 1. The number of sulfonamides is 1. The zero-order valence-corrected chi connectivity index (χ0v) is 16.9. The number of primary sulfonamides is 1. The van der Waals surface area contributed by atoms with Gasteiger partial charge in [-0.25, -0.2) is 18.5 Å². The highest BCUT2D eigenvalue weighted by molar-refractivity contribution is 7.89. The highest BCUT2D eigenvalue weighted by atomic mass is 32.2. The molecule has 1 heterocycles. The summed E-state index contributed by atoms with van der Waals surface area (Å²) in [6.45, 7) is 0. The van der Waals surface area contributed by atoms with Crippen molar-refractivity contribution in [1.29, 1.82) is 0 Å². The zero-order valence-electron chi connectivity index (χ0n) is 16.1. The molecule has 29 heavy (non-hydrogen) atoms. The highest BCUT2D eigenvalue weighted by Gasteiger charge is 2.49. The van der Waals surface area contributed by atoms with E-state index in [0.29, 0.717) is 0 Å². The van der Waals surface area contributed by atoms with Crippen molar-refractivity contribution in [2.24, 2.45) is 11.1 Å². The molecule has 156 valence electrons. The van der Waals surface area contributed by atoms with Crippen LogP contribution in [0.25, 0.3) is 0 Å². The molecule has 1 unspecified atom stereocenters. The molecule has 0 radical (unpaired) electrons. The van der Waals surface area contributed by atoms with E-state index >= 15 is 0 Å². The Labute approximate surface area is 170 Å². The van der Waals surface area contributed by atoms with Crippen LogP contribution in [0.15, 0.2) is 29.2 Å². The maximum atomic E-state index is 13.2. The summed E-state index contributed by atoms with van der Waals surface area (Å²) in [6.07, 6.45) is 6.55. The van der Waals surface area contributed by atoms with Gasteiger partial charge in [0.25, 0.3) is 5.91 Å². The molecule has 1 atom stereocenters. The Morgan fingerprint density at radius 3 is 2.17 bits per heavy atom. The molecule has 4 rings (SSSR count). The normalized spacial score (nSPS) is 23.5. The van der Waals surface area contributed by atoms with Crippen LogP contribution >= 0.6 is 0 Å². The molecule has 8 nitrogen and oxygen atoms in total. The van der Waals surface area contributed by atoms with Crippen LogP contribution in [0.4, 0.5) is 5.69 Å². The standard InChI is InChI=1S/C20H25N3O5S/c21-29(27,28)16-10-8-15(9-11-16)23-18(24)12-17(20(23)26)22(14-6-7-14)19(25)13-4-2-1-3-5-13/h8-11,13-14,17H,1-7,12H2,(H2,21,27,28). The molecular formula is C20H25N3O5S. The Bertz CT molecular complexity index is 933. The van der Waals surface area contributed by atoms with E-state index in [2.05, 4.69) is 0 Å². The Hall–Kier alpha value is -2.26. The Balaban J connectivity index is 1.57. The van der Waals surface area contributed by atoms with Gasteiger partial charge in [-0.05, 0) is 49.9 Å². The minimum Gasteiger partial charge on any atom is -0.327 e. The van der Waals surface area contributed by atoms with Gasteiger partial charge in [0, 0.05) is 12.0 Å². The van der Waals surface area contributed by atoms with E-state index in [-0.39, 0.29) is 40.8 Å². The predicted octanol–water partition coefficient (Wildman–Crippen LogP) is 1.54. The number of carbonyl (C=O) groups excluding carboxylic acids is 3. The first-order valence-corrected chi connectivity index (χ1v) is 11.6. The smallest absolute Gasteiger partial charge is 0.257 e. The number of rotatable bonds is 5. The third kappa shape index (κ3) is 3.93. The van der Waals surface area contributed by atoms with Crippen molar-refractivity contribution in [1.82, 2.24) is 4.90 Å². The van der Waals surface area contributed by atoms with E-state index in [1.165, 1.54) is 24.3 Å². The number of anilines is 1. The van der Waals surface area contributed by atoms with Gasteiger partial charge in [0.2, 0.25) is 21.8 Å². The lowest BCUT2D eigenvalue weighted by Gasteiger charge is -2.32. The van der Waals surface area contributed by atoms with E-state index in [4.69, 9.17) is 5.14 Å². The highest BCUT2D eigenvalue weighted by Crippen LogP contribution is 2.37. The molecule has 2 saturated carbocycles. The van der Waals surface area contributed by atoms with Gasteiger partial charge < -0.3 is 4.90 Å². The Morgan fingerprint density at radius 2 is 1.62 bits per heavy atom. The average molecular weight is 420 g/mol. The largest absolute Gasteiger partial charge is 0.327 e. The number of carbonyl (C=O) groups is 3. The maximum Gasteiger partial charge on any atom is 0.257 e. The fourth-order valence-electron chi connectivity index (χ4n) is 4.39. The van der Waals surface area contributed by atoms with Gasteiger partial charge in [-0.15, -0.1) is 0 Å². The summed E-state index contributed by atoms with van der Waals surface area (Å²) >= 11 is 0. The molecular weight excluding hydrogens is 394 g/mol. The molecule has 1 aromatic rings. The fourth-order valence-corrected chi connectivity index (χ4v) is 4.91. The molecule has 3 aliphatic rings. The lowest BCUT2D eigenvalue weighted by Crippen LogP contribution is -2.49. The summed E-state index contributed by atoms with van der Waals surface area (Å²) in [7, 11) is -3.86. The third-order valence-corrected chi connectivity index (χ3v) is 6.96. The predicted molar refractivity (Wildman–Crippen MR) is 105 cm³/mol. The van der Waals surface area contributed by atoms with Crippen molar-refractivity contribution in [2.75, 3.05) is 4.90 Å². The third-order valence-electron chi connectivity index (χ3n) is 6.03. The molecule has 0 spiro atoms. The van der Waals surface area contributed by atoms with Gasteiger partial charge >= 0.3 is 0 Å². The molecule has 1 aliphatic heterocycles. The lowest BCUT2D eigenvalue weighted by atomic mass is 9.88. The minimum absolute atomic E-state index is 0.00442. The number of nitrogens with zero attached hydrogens (tertiary/aromatic N) is 2. The van der Waals surface area contributed by atoms with Crippen LogP contribution < -0.4 is 10.0 Å². The van der Waals surface area contributed by atoms with Gasteiger partial charge in [0.05, 0.1) is 17.0 Å². The monoisotopic (exact) mass is 419 g/mol. The molecule has 2 aliphatic carbocycles. The topological polar surface area (TPSA) is 118 Å². The summed E-state index contributed by atoms with van der Waals surface area (Å²) in [5.74, 6) is -0.861. The Morgan fingerprint density at radius 1 is 1.00 bits per heavy atom. The van der Waals surface area contributed by atoms with Gasteiger partial charge in [-0.3, -0.25) is 14.4 Å². The van der Waals surface area contributed by atoms with Crippen molar-refractivity contribution >= 4 is 33.4 Å². The molecule has 1 saturated heterocycles. The summed E-state index contributed by atoms with van der Waals surface area (Å²) < 4.78 is 22.9. The second-order valence-electron chi connectivity index (χ2n) is 8.14. The summed E-state index contributed by atoms with van der Waals surface area (Å²) in [5, 5.41) is 5.10. The van der Waals surface area contributed by atoms with Crippen molar-refractivity contribution in [3.05, 3.63) is 24.3 Å². The van der Waals surface area contributed by atoms with Crippen LogP contribution in [0.1, 0.15) is 51.4 Å². The van der Waals surface area contributed by atoms with Crippen molar-refractivity contribution in [3.8, 4) is 0 Å². The molecule has 3 amide bonds. The number of hydrogen-bond acceptors (Lipinski definition) is 5. The number of imide groups is 1. The average Bonchev–Trinajstić information content (AvgIpc) is 3.48. The van der Waals surface area contributed by atoms with E-state index in [0.717, 1.165) is 49.8 Å². The summed E-state index contributed by atoms with van der Waals surface area (Å²) in [6, 6.07) is 4.58. The van der Waals surface area contributed by atoms with Crippen LogP contribution in [0.2, 0.25) is 0 Å². The van der Waals surface area contributed by atoms with Crippen LogP contribution in [0.5, 0.6) is 0 Å². The van der Waals surface area contributed by atoms with Gasteiger partial charge in [0.1, 0.15) is 6.04 Å². The first kappa shape index (κ1) is 20.0. The second kappa shape index (κ2) is 7.53. The summed E-state index contributed by atoms with van der Waals surface area (Å²) in [5.41, 5.74) is 0.288. The Kier molecular flexibility index (Phi) is 5.20.